The highest BCUT2D eigenvalue weighted by Crippen LogP contribution is 2.13. The van der Waals surface area contributed by atoms with E-state index in [-0.39, 0.29) is 0 Å². The molecule has 0 atom stereocenters. The zero-order chi connectivity index (χ0) is 14.4. The van der Waals surface area contributed by atoms with Crippen molar-refractivity contribution in [3.8, 4) is 5.88 Å². The van der Waals surface area contributed by atoms with Crippen LogP contribution in [0.3, 0.4) is 0 Å². The molecule has 20 heavy (non-hydrogen) atoms. The Balaban J connectivity index is 2.20. The highest BCUT2D eigenvalue weighted by molar-refractivity contribution is 5.36. The second-order valence-electron chi connectivity index (χ2n) is 4.55. The van der Waals surface area contributed by atoms with Gasteiger partial charge in [-0.3, -0.25) is 0 Å². The molecular weight excluding hydrogens is 252 g/mol. The molecule has 2 aromatic rings. The summed E-state index contributed by atoms with van der Waals surface area (Å²) < 4.78 is 5.05. The number of rotatable bonds is 6. The van der Waals surface area contributed by atoms with Crippen LogP contribution in [-0.2, 0) is 12.8 Å². The third kappa shape index (κ3) is 3.66. The van der Waals surface area contributed by atoms with Crippen molar-refractivity contribution in [2.24, 2.45) is 0 Å². The minimum absolute atomic E-state index is 0.616. The van der Waals surface area contributed by atoms with E-state index in [4.69, 9.17) is 4.74 Å². The van der Waals surface area contributed by atoms with E-state index in [9.17, 15) is 0 Å². The Labute approximate surface area is 119 Å². The summed E-state index contributed by atoms with van der Waals surface area (Å²) in [6.07, 6.45) is 4.51. The van der Waals surface area contributed by atoms with Crippen molar-refractivity contribution < 1.29 is 4.74 Å². The first kappa shape index (κ1) is 14.2. The Hall–Kier alpha value is -2.17. The van der Waals surface area contributed by atoms with Gasteiger partial charge in [0.2, 0.25) is 5.88 Å². The van der Waals surface area contributed by atoms with Crippen LogP contribution in [0.2, 0.25) is 0 Å². The Morgan fingerprint density at radius 1 is 1.25 bits per heavy atom. The molecule has 0 amide bonds. The quantitative estimate of drug-likeness (QED) is 0.875. The minimum atomic E-state index is 0.616. The number of hydrogen-bond acceptors (Lipinski definition) is 5. The largest absolute Gasteiger partial charge is 0.481 e. The van der Waals surface area contributed by atoms with Crippen molar-refractivity contribution >= 4 is 5.82 Å². The molecule has 0 aliphatic carbocycles. The molecule has 2 rings (SSSR count). The summed E-state index contributed by atoms with van der Waals surface area (Å²) in [5.74, 6) is 2.29. The Morgan fingerprint density at radius 3 is 2.70 bits per heavy atom. The normalized spacial score (nSPS) is 10.3. The fraction of sp³-hybridized carbons (Fsp3) is 0.400. The smallest absolute Gasteiger partial charge is 0.212 e. The van der Waals surface area contributed by atoms with Crippen molar-refractivity contribution in [3.05, 3.63) is 41.5 Å². The summed E-state index contributed by atoms with van der Waals surface area (Å²) in [6, 6.07) is 5.84. The van der Waals surface area contributed by atoms with Crippen LogP contribution >= 0.6 is 0 Å². The van der Waals surface area contributed by atoms with E-state index in [0.717, 1.165) is 35.7 Å². The van der Waals surface area contributed by atoms with Crippen molar-refractivity contribution in [2.45, 2.75) is 26.2 Å². The van der Waals surface area contributed by atoms with Gasteiger partial charge in [0.15, 0.2) is 0 Å². The second-order valence-corrected chi connectivity index (χ2v) is 4.55. The van der Waals surface area contributed by atoms with Gasteiger partial charge >= 0.3 is 0 Å². The Bertz CT molecular complexity index is 554. The number of methoxy groups -OCH3 is 1. The van der Waals surface area contributed by atoms with Crippen LogP contribution in [0.5, 0.6) is 5.88 Å². The monoisotopic (exact) mass is 272 g/mol. The Morgan fingerprint density at radius 2 is 2.10 bits per heavy atom. The molecule has 2 aromatic heterocycles. The topological polar surface area (TPSA) is 59.9 Å². The van der Waals surface area contributed by atoms with Crippen LogP contribution in [0.1, 0.15) is 30.4 Å². The van der Waals surface area contributed by atoms with Gasteiger partial charge in [0, 0.05) is 37.5 Å². The van der Waals surface area contributed by atoms with Crippen LogP contribution in [0, 0.1) is 0 Å². The molecule has 0 fully saturated rings. The number of ether oxygens (including phenoxy) is 1. The summed E-state index contributed by atoms with van der Waals surface area (Å²) in [5, 5.41) is 3.08. The van der Waals surface area contributed by atoms with Crippen LogP contribution in [0.25, 0.3) is 0 Å². The molecule has 0 bridgehead atoms. The first-order valence-electron chi connectivity index (χ1n) is 6.78. The van der Waals surface area contributed by atoms with Crippen LogP contribution in [-0.4, -0.2) is 29.1 Å². The maximum Gasteiger partial charge on any atom is 0.212 e. The van der Waals surface area contributed by atoms with Gasteiger partial charge in [-0.15, -0.1) is 0 Å². The van der Waals surface area contributed by atoms with E-state index in [1.807, 2.05) is 25.2 Å². The summed E-state index contributed by atoms with van der Waals surface area (Å²) >= 11 is 0. The van der Waals surface area contributed by atoms with Gasteiger partial charge in [-0.2, -0.15) is 0 Å². The van der Waals surface area contributed by atoms with Crippen LogP contribution < -0.4 is 10.1 Å². The molecule has 0 spiro atoms. The lowest BCUT2D eigenvalue weighted by Crippen LogP contribution is -2.04. The standard InChI is InChI=1S/C15H20N4O/c1-4-5-12-9-13(16-2)19-14(18-12)8-11-6-7-15(20-3)17-10-11/h6-7,9-10H,4-5,8H2,1-3H3,(H,16,18,19). The number of hydrogen-bond donors (Lipinski definition) is 1. The van der Waals surface area contributed by atoms with E-state index in [1.54, 1.807) is 13.3 Å². The molecule has 2 heterocycles. The third-order valence-electron chi connectivity index (χ3n) is 2.96. The summed E-state index contributed by atoms with van der Waals surface area (Å²) in [5.41, 5.74) is 2.14. The zero-order valence-corrected chi connectivity index (χ0v) is 12.2. The highest BCUT2D eigenvalue weighted by atomic mass is 16.5. The van der Waals surface area contributed by atoms with Gasteiger partial charge in [0.25, 0.3) is 0 Å². The number of aromatic nitrogens is 3. The Kier molecular flexibility index (Phi) is 4.87. The molecule has 1 N–H and O–H groups in total. The van der Waals surface area contributed by atoms with E-state index < -0.39 is 0 Å². The molecule has 0 saturated heterocycles. The molecule has 0 aliphatic heterocycles. The maximum absolute atomic E-state index is 5.05. The fourth-order valence-electron chi connectivity index (χ4n) is 1.96. The summed E-state index contributed by atoms with van der Waals surface area (Å²) in [6.45, 7) is 2.15. The minimum Gasteiger partial charge on any atom is -0.481 e. The SMILES string of the molecule is CCCc1cc(NC)nc(Cc2ccc(OC)nc2)n1. The van der Waals surface area contributed by atoms with Crippen LogP contribution in [0.4, 0.5) is 5.82 Å². The average molecular weight is 272 g/mol. The molecular formula is C15H20N4O. The van der Waals surface area contributed by atoms with E-state index in [0.29, 0.717) is 12.3 Å². The molecule has 5 heteroatoms. The van der Waals surface area contributed by atoms with Gasteiger partial charge in [0.05, 0.1) is 7.11 Å². The van der Waals surface area contributed by atoms with E-state index >= 15 is 0 Å². The number of anilines is 1. The van der Waals surface area contributed by atoms with E-state index in [2.05, 4.69) is 27.2 Å². The van der Waals surface area contributed by atoms with Crippen molar-refractivity contribution in [1.29, 1.82) is 0 Å². The lowest BCUT2D eigenvalue weighted by atomic mass is 10.2. The predicted octanol–water partition coefficient (Wildman–Crippen LogP) is 2.47. The maximum atomic E-state index is 5.05. The van der Waals surface area contributed by atoms with Crippen LogP contribution in [0.15, 0.2) is 24.4 Å². The molecule has 0 saturated carbocycles. The molecule has 0 unspecified atom stereocenters. The summed E-state index contributed by atoms with van der Waals surface area (Å²) in [4.78, 5) is 13.3. The molecule has 5 nitrogen and oxygen atoms in total. The van der Waals surface area contributed by atoms with Gasteiger partial charge in [-0.25, -0.2) is 15.0 Å². The third-order valence-corrected chi connectivity index (χ3v) is 2.96. The zero-order valence-electron chi connectivity index (χ0n) is 12.2. The highest BCUT2D eigenvalue weighted by Gasteiger charge is 2.05. The number of pyridine rings is 1. The lowest BCUT2D eigenvalue weighted by molar-refractivity contribution is 0.397. The molecule has 106 valence electrons. The van der Waals surface area contributed by atoms with Gasteiger partial charge in [-0.05, 0) is 12.0 Å². The van der Waals surface area contributed by atoms with Crippen molar-refractivity contribution in [3.63, 3.8) is 0 Å². The molecule has 0 aromatic carbocycles. The summed E-state index contributed by atoms with van der Waals surface area (Å²) in [7, 11) is 3.48. The first-order chi connectivity index (χ1) is 9.75. The molecule has 0 aliphatic rings. The van der Waals surface area contributed by atoms with Crippen molar-refractivity contribution in [2.75, 3.05) is 19.5 Å². The number of aryl methyl sites for hydroxylation is 1. The average Bonchev–Trinajstić information content (AvgIpc) is 2.48. The van der Waals surface area contributed by atoms with Crippen molar-refractivity contribution in [1.82, 2.24) is 15.0 Å². The van der Waals surface area contributed by atoms with Gasteiger partial charge < -0.3 is 10.1 Å². The first-order valence-corrected chi connectivity index (χ1v) is 6.78. The van der Waals surface area contributed by atoms with Gasteiger partial charge in [-0.1, -0.05) is 19.4 Å². The number of nitrogens with one attached hydrogen (secondary N) is 1. The fourth-order valence-corrected chi connectivity index (χ4v) is 1.96. The lowest BCUT2D eigenvalue weighted by Gasteiger charge is -2.07. The molecule has 0 radical (unpaired) electrons. The van der Waals surface area contributed by atoms with E-state index in [1.165, 1.54) is 0 Å². The predicted molar refractivity (Wildman–Crippen MR) is 79.2 cm³/mol. The van der Waals surface area contributed by atoms with Gasteiger partial charge in [0.1, 0.15) is 11.6 Å². The number of nitrogens with zero attached hydrogens (tertiary/aromatic N) is 3. The second kappa shape index (κ2) is 6.84.